The van der Waals surface area contributed by atoms with Gasteiger partial charge in [0.05, 0.1) is 0 Å². The summed E-state index contributed by atoms with van der Waals surface area (Å²) in [6.07, 6.45) is 3.29. The van der Waals surface area contributed by atoms with Crippen molar-refractivity contribution >= 4 is 30.2 Å². The number of ether oxygens (including phenoxy) is 1. The number of carbonyl (C=O) groups excluding carboxylic acids is 1. The predicted molar refractivity (Wildman–Crippen MR) is 170 cm³/mol. The summed E-state index contributed by atoms with van der Waals surface area (Å²) in [6.45, 7) is -0.0736. The van der Waals surface area contributed by atoms with Crippen molar-refractivity contribution in [1.29, 1.82) is 0 Å². The smallest absolute Gasteiger partial charge is 0.345 e. The lowest BCUT2D eigenvalue weighted by molar-refractivity contribution is -0.162. The van der Waals surface area contributed by atoms with Crippen LogP contribution in [0.5, 0.6) is 46.0 Å². The highest BCUT2D eigenvalue weighted by Gasteiger charge is 2.33. The van der Waals surface area contributed by atoms with Crippen molar-refractivity contribution in [3.05, 3.63) is 89.0 Å². The second-order valence-corrected chi connectivity index (χ2v) is 10.4. The molecule has 0 fully saturated rings. The van der Waals surface area contributed by atoms with E-state index in [2.05, 4.69) is 5.32 Å². The second-order valence-electron chi connectivity index (χ2n) is 10.4. The Morgan fingerprint density at radius 2 is 1.28 bits per heavy atom. The molecule has 0 bridgehead atoms. The molecule has 0 unspecified atom stereocenters. The van der Waals surface area contributed by atoms with Gasteiger partial charge in [0.1, 0.15) is 5.75 Å². The zero-order chi connectivity index (χ0) is 34.4. The Hall–Kier alpha value is -6.34. The van der Waals surface area contributed by atoms with E-state index in [9.17, 15) is 55.5 Å². The molecule has 0 saturated heterocycles. The van der Waals surface area contributed by atoms with Gasteiger partial charge < -0.3 is 56.0 Å². The monoisotopic (exact) mass is 645 g/mol. The third kappa shape index (κ3) is 7.85. The molecule has 13 nitrogen and oxygen atoms in total. The van der Waals surface area contributed by atoms with Gasteiger partial charge in [-0.25, -0.2) is 9.59 Å². The topological polar surface area (TPSA) is 237 Å². The van der Waals surface area contributed by atoms with Gasteiger partial charge in [0, 0.05) is 18.5 Å². The van der Waals surface area contributed by atoms with Crippen molar-refractivity contribution in [3.8, 4) is 57.1 Å². The van der Waals surface area contributed by atoms with E-state index >= 15 is 0 Å². The normalized spacial score (nSPS) is 12.7. The first-order chi connectivity index (χ1) is 22.3. The van der Waals surface area contributed by atoms with E-state index in [1.807, 2.05) is 0 Å². The highest BCUT2D eigenvalue weighted by Crippen LogP contribution is 2.39. The number of carboxylic acids is 1. The van der Waals surface area contributed by atoms with Crippen molar-refractivity contribution in [2.45, 2.75) is 12.0 Å². The molecule has 47 heavy (non-hydrogen) atoms. The molecule has 0 aliphatic carbocycles. The van der Waals surface area contributed by atoms with E-state index in [1.165, 1.54) is 55.6 Å². The fourth-order valence-electron chi connectivity index (χ4n) is 4.82. The third-order valence-electron chi connectivity index (χ3n) is 7.12. The molecule has 13 heteroatoms. The number of rotatable bonds is 11. The van der Waals surface area contributed by atoms with Gasteiger partial charge in [-0.05, 0) is 95.0 Å². The van der Waals surface area contributed by atoms with Gasteiger partial charge >= 0.3 is 11.9 Å². The largest absolute Gasteiger partial charge is 0.508 e. The van der Waals surface area contributed by atoms with Crippen LogP contribution in [0.1, 0.15) is 28.2 Å². The molecule has 244 valence electrons. The van der Waals surface area contributed by atoms with Crippen LogP contribution in [0, 0.1) is 0 Å². The zero-order valence-corrected chi connectivity index (χ0v) is 24.7. The lowest BCUT2D eigenvalue weighted by Gasteiger charge is -2.24. The second kappa shape index (κ2) is 14.2. The Balaban J connectivity index is 1.66. The van der Waals surface area contributed by atoms with E-state index in [0.717, 1.165) is 24.3 Å². The van der Waals surface area contributed by atoms with Crippen LogP contribution in [0.3, 0.4) is 0 Å². The summed E-state index contributed by atoms with van der Waals surface area (Å²) < 4.78 is 5.24. The van der Waals surface area contributed by atoms with Gasteiger partial charge in [-0.15, -0.1) is 0 Å². The number of hydrogen-bond donors (Lipinski definition) is 10. The minimum Gasteiger partial charge on any atom is -0.508 e. The van der Waals surface area contributed by atoms with Crippen LogP contribution >= 0.6 is 0 Å². The number of benzene rings is 4. The summed E-state index contributed by atoms with van der Waals surface area (Å²) >= 11 is 0. The number of aliphatic carboxylic acids is 1. The summed E-state index contributed by atoms with van der Waals surface area (Å²) in [7, 11) is 1.51. The minimum absolute atomic E-state index is 0.0328. The minimum atomic E-state index is -1.81. The van der Waals surface area contributed by atoms with Crippen LogP contribution in [0.4, 0.5) is 0 Å². The number of aromatic hydroxyl groups is 8. The zero-order valence-electron chi connectivity index (χ0n) is 24.7. The summed E-state index contributed by atoms with van der Waals surface area (Å²) in [5, 5.41) is 92.7. The first-order valence-corrected chi connectivity index (χ1v) is 13.9. The van der Waals surface area contributed by atoms with Crippen LogP contribution in [0.25, 0.3) is 29.4 Å². The van der Waals surface area contributed by atoms with Gasteiger partial charge in [-0.2, -0.15) is 0 Å². The van der Waals surface area contributed by atoms with E-state index in [1.54, 1.807) is 12.1 Å². The number of carbonyl (C=O) groups is 2. The van der Waals surface area contributed by atoms with Gasteiger partial charge in [-0.1, -0.05) is 24.3 Å². The quantitative estimate of drug-likeness (QED) is 0.0477. The van der Waals surface area contributed by atoms with Crippen LogP contribution in [-0.4, -0.2) is 77.6 Å². The number of phenolic OH excluding ortho intramolecular Hbond substituents is 8. The molecule has 4 aromatic carbocycles. The van der Waals surface area contributed by atoms with Crippen molar-refractivity contribution in [3.63, 3.8) is 0 Å². The van der Waals surface area contributed by atoms with Gasteiger partial charge in [-0.3, -0.25) is 0 Å². The summed E-state index contributed by atoms with van der Waals surface area (Å²) in [5.74, 6) is -7.86. The van der Waals surface area contributed by atoms with Crippen LogP contribution in [0.15, 0.2) is 66.7 Å². The Labute approximate surface area is 267 Å². The molecule has 0 heterocycles. The average molecular weight is 646 g/mol. The van der Waals surface area contributed by atoms with Crippen molar-refractivity contribution in [2.75, 3.05) is 13.6 Å². The summed E-state index contributed by atoms with van der Waals surface area (Å²) in [6, 6.07) is 13.2. The Morgan fingerprint density at radius 3 is 1.85 bits per heavy atom. The molecular weight excluding hydrogens is 614 g/mol. The molecule has 10 N–H and O–H groups in total. The Kier molecular flexibility index (Phi) is 10.1. The first kappa shape index (κ1) is 33.6. The van der Waals surface area contributed by atoms with E-state index in [4.69, 9.17) is 4.74 Å². The van der Waals surface area contributed by atoms with Gasteiger partial charge in [0.2, 0.25) is 6.10 Å². The number of phenols is 8. The van der Waals surface area contributed by atoms with Crippen molar-refractivity contribution in [2.24, 2.45) is 0 Å². The molecule has 0 amide bonds. The van der Waals surface area contributed by atoms with Crippen LogP contribution in [-0.2, 0) is 14.3 Å². The molecular formula is C34H31NO12. The molecule has 4 rings (SSSR count). The van der Waals surface area contributed by atoms with Crippen LogP contribution in [0.2, 0.25) is 0 Å². The van der Waals surface area contributed by atoms with E-state index in [0.29, 0.717) is 16.7 Å². The Morgan fingerprint density at radius 1 is 0.723 bits per heavy atom. The molecule has 2 atom stereocenters. The number of esters is 1. The predicted octanol–water partition coefficient (Wildman–Crippen LogP) is 4.18. The molecule has 0 spiro atoms. The number of likely N-dealkylation sites (N-methyl/N-ethyl adjacent to an activating group) is 1. The van der Waals surface area contributed by atoms with E-state index in [-0.39, 0.29) is 29.0 Å². The first-order valence-electron chi connectivity index (χ1n) is 13.9. The molecule has 0 saturated carbocycles. The molecule has 4 aromatic rings. The average Bonchev–Trinajstić information content (AvgIpc) is 3.02. The lowest BCUT2D eigenvalue weighted by Crippen LogP contribution is -2.37. The SMILES string of the molecule is CNC[C@@H](c1cc(O)c(O)c(O)c1)[C@@H](OC(=O)C=Cc1cc(O)c(O)cc1C=Cc1cc(O)c(O)cc1-c1cccc(O)c1)C(=O)O. The molecule has 0 radical (unpaired) electrons. The number of hydrogen-bond acceptors (Lipinski definition) is 12. The van der Waals surface area contributed by atoms with E-state index < -0.39 is 64.2 Å². The fraction of sp³-hybridized carbons (Fsp3) is 0.118. The number of carboxylic acid groups (broad SMARTS) is 1. The molecule has 0 aliphatic heterocycles. The summed E-state index contributed by atoms with van der Waals surface area (Å²) in [5.41, 5.74) is 1.83. The maximum atomic E-state index is 12.9. The maximum Gasteiger partial charge on any atom is 0.345 e. The van der Waals surface area contributed by atoms with Crippen LogP contribution < -0.4 is 5.32 Å². The third-order valence-corrected chi connectivity index (χ3v) is 7.12. The van der Waals surface area contributed by atoms with Gasteiger partial charge in [0.15, 0.2) is 40.2 Å². The summed E-state index contributed by atoms with van der Waals surface area (Å²) in [4.78, 5) is 25.0. The van der Waals surface area contributed by atoms with Crippen molar-refractivity contribution in [1.82, 2.24) is 5.32 Å². The maximum absolute atomic E-state index is 12.9. The fourth-order valence-corrected chi connectivity index (χ4v) is 4.82. The van der Waals surface area contributed by atoms with Crippen molar-refractivity contribution < 1.29 is 60.3 Å². The molecule has 0 aliphatic rings. The lowest BCUT2D eigenvalue weighted by atomic mass is 9.92. The highest BCUT2D eigenvalue weighted by molar-refractivity contribution is 5.91. The Bertz CT molecular complexity index is 1860. The number of nitrogens with one attached hydrogen (secondary N) is 1. The highest BCUT2D eigenvalue weighted by atomic mass is 16.6. The van der Waals surface area contributed by atoms with Gasteiger partial charge in [0.25, 0.3) is 0 Å². The molecule has 0 aromatic heterocycles. The standard InChI is InChI=1S/C34H31NO12/c1-35-16-24(21-13-29(41)32(44)30(42)14-21)33(34(45)46)47-31(43)8-7-18-11-26(38)25(37)10-17(18)5-6-20-12-27(39)28(40)15-23(20)19-3-2-4-22(36)9-19/h2-15,24,33,35-42,44H,16H2,1H3,(H,45,46)/t24-,33+/m0/s1.